The minimum absolute atomic E-state index is 0.499. The molecule has 0 atom stereocenters. The number of nitrogens with one attached hydrogen (secondary N) is 1. The molecule has 0 saturated heterocycles. The minimum Gasteiger partial charge on any atom is -0.493 e. The van der Waals surface area contributed by atoms with Crippen LogP contribution in [0.4, 0.5) is 0 Å². The van der Waals surface area contributed by atoms with Gasteiger partial charge in [0.1, 0.15) is 6.61 Å². The fraction of sp³-hybridized carbons (Fsp3) is 0.500. The molecule has 4 heteroatoms. The Morgan fingerprint density at radius 2 is 1.68 bits per heavy atom. The summed E-state index contributed by atoms with van der Waals surface area (Å²) < 4.78 is 11.6. The molecule has 2 aromatic carbocycles. The maximum atomic E-state index is 6.57. The van der Waals surface area contributed by atoms with Crippen LogP contribution in [0.25, 0.3) is 0 Å². The number of ether oxygens (including phenoxy) is 2. The van der Waals surface area contributed by atoms with E-state index >= 15 is 0 Å². The van der Waals surface area contributed by atoms with Crippen molar-refractivity contribution in [3.8, 4) is 11.5 Å². The summed E-state index contributed by atoms with van der Waals surface area (Å²) in [6.45, 7) is 3.35. The van der Waals surface area contributed by atoms with E-state index in [9.17, 15) is 0 Å². The first kappa shape index (κ1) is 21.0. The molecule has 0 aliphatic heterocycles. The SMILES string of the molecule is COc1cc(CNC2CCCCCCC2)c(Cl)cc1OCc1ccccc1C. The van der Waals surface area contributed by atoms with Gasteiger partial charge in [0, 0.05) is 23.7 Å². The van der Waals surface area contributed by atoms with Crippen LogP contribution in [0.1, 0.15) is 61.6 Å². The van der Waals surface area contributed by atoms with E-state index in [0.717, 1.165) is 28.4 Å². The molecule has 1 fully saturated rings. The van der Waals surface area contributed by atoms with Crippen molar-refractivity contribution in [1.29, 1.82) is 0 Å². The molecular weight excluding hydrogens is 370 g/mol. The molecule has 2 aromatic rings. The van der Waals surface area contributed by atoms with E-state index < -0.39 is 0 Å². The molecular formula is C24H32ClNO2. The first-order valence-electron chi connectivity index (χ1n) is 10.4. The van der Waals surface area contributed by atoms with Gasteiger partial charge < -0.3 is 14.8 Å². The summed E-state index contributed by atoms with van der Waals surface area (Å²) in [7, 11) is 1.68. The van der Waals surface area contributed by atoms with E-state index in [1.807, 2.05) is 24.3 Å². The van der Waals surface area contributed by atoms with Crippen molar-refractivity contribution in [1.82, 2.24) is 5.32 Å². The van der Waals surface area contributed by atoms with E-state index in [4.69, 9.17) is 21.1 Å². The van der Waals surface area contributed by atoms with Gasteiger partial charge in [0.25, 0.3) is 0 Å². The number of hydrogen-bond donors (Lipinski definition) is 1. The fourth-order valence-electron chi connectivity index (χ4n) is 3.83. The fourth-order valence-corrected chi connectivity index (χ4v) is 4.05. The van der Waals surface area contributed by atoms with Crippen molar-refractivity contribution >= 4 is 11.6 Å². The van der Waals surface area contributed by atoms with Gasteiger partial charge in [-0.2, -0.15) is 0 Å². The lowest BCUT2D eigenvalue weighted by Crippen LogP contribution is -2.29. The van der Waals surface area contributed by atoms with Crippen molar-refractivity contribution in [2.45, 2.75) is 71.1 Å². The Morgan fingerprint density at radius 3 is 2.39 bits per heavy atom. The maximum Gasteiger partial charge on any atom is 0.163 e. The summed E-state index contributed by atoms with van der Waals surface area (Å²) in [5.41, 5.74) is 3.44. The Morgan fingerprint density at radius 1 is 0.964 bits per heavy atom. The lowest BCUT2D eigenvalue weighted by molar-refractivity contribution is 0.283. The van der Waals surface area contributed by atoms with Crippen LogP contribution in [-0.2, 0) is 13.2 Å². The summed E-state index contributed by atoms with van der Waals surface area (Å²) in [6, 6.07) is 12.7. The van der Waals surface area contributed by atoms with E-state index in [2.05, 4.69) is 24.4 Å². The van der Waals surface area contributed by atoms with Crippen molar-refractivity contribution < 1.29 is 9.47 Å². The highest BCUT2D eigenvalue weighted by atomic mass is 35.5. The number of rotatable bonds is 7. The largest absolute Gasteiger partial charge is 0.493 e. The molecule has 3 nitrogen and oxygen atoms in total. The molecule has 1 aliphatic rings. The Kier molecular flexibility index (Phi) is 8.05. The van der Waals surface area contributed by atoms with Crippen LogP contribution in [0.3, 0.4) is 0 Å². The molecule has 0 amide bonds. The summed E-state index contributed by atoms with van der Waals surface area (Å²) in [4.78, 5) is 0. The maximum absolute atomic E-state index is 6.57. The minimum atomic E-state index is 0.499. The van der Waals surface area contributed by atoms with Crippen LogP contribution in [0.2, 0.25) is 5.02 Å². The number of halogens is 1. The lowest BCUT2D eigenvalue weighted by atomic mass is 9.96. The second-order valence-corrected chi connectivity index (χ2v) is 8.14. The first-order chi connectivity index (χ1) is 13.7. The Bertz CT molecular complexity index is 754. The third-order valence-electron chi connectivity index (χ3n) is 5.66. The van der Waals surface area contributed by atoms with Gasteiger partial charge in [0.2, 0.25) is 0 Å². The molecule has 0 unspecified atom stereocenters. The monoisotopic (exact) mass is 401 g/mol. The molecule has 3 rings (SSSR count). The van der Waals surface area contributed by atoms with E-state index in [1.54, 1.807) is 7.11 Å². The molecule has 0 spiro atoms. The molecule has 0 aromatic heterocycles. The van der Waals surface area contributed by atoms with Crippen molar-refractivity contribution in [2.75, 3.05) is 7.11 Å². The number of methoxy groups -OCH3 is 1. The smallest absolute Gasteiger partial charge is 0.163 e. The highest BCUT2D eigenvalue weighted by Gasteiger charge is 2.14. The Hall–Kier alpha value is -1.71. The van der Waals surface area contributed by atoms with Gasteiger partial charge in [0.15, 0.2) is 11.5 Å². The zero-order valence-corrected chi connectivity index (χ0v) is 17.9. The highest BCUT2D eigenvalue weighted by Crippen LogP contribution is 2.34. The van der Waals surface area contributed by atoms with Gasteiger partial charge in [0.05, 0.1) is 7.11 Å². The van der Waals surface area contributed by atoms with Crippen LogP contribution in [0.15, 0.2) is 36.4 Å². The van der Waals surface area contributed by atoms with Gasteiger partial charge in [-0.25, -0.2) is 0 Å². The van der Waals surface area contributed by atoms with Crippen LogP contribution in [0, 0.1) is 6.92 Å². The molecule has 152 valence electrons. The van der Waals surface area contributed by atoms with Gasteiger partial charge in [-0.05, 0) is 42.5 Å². The van der Waals surface area contributed by atoms with Gasteiger partial charge >= 0.3 is 0 Å². The third kappa shape index (κ3) is 5.89. The molecule has 1 N–H and O–H groups in total. The average molecular weight is 402 g/mol. The standard InChI is InChI=1S/C24H32ClNO2/c1-18-10-8-9-11-19(18)17-28-24-15-22(25)20(14-23(24)27-2)16-26-21-12-6-4-3-5-7-13-21/h8-11,14-15,21,26H,3-7,12-13,16-17H2,1-2H3. The molecule has 1 aliphatic carbocycles. The van der Waals surface area contributed by atoms with Crippen molar-refractivity contribution in [3.63, 3.8) is 0 Å². The predicted molar refractivity (Wildman–Crippen MR) is 116 cm³/mol. The van der Waals surface area contributed by atoms with Crippen LogP contribution >= 0.6 is 11.6 Å². The summed E-state index contributed by atoms with van der Waals surface area (Å²) in [5.74, 6) is 1.41. The first-order valence-corrected chi connectivity index (χ1v) is 10.8. The predicted octanol–water partition coefficient (Wildman–Crippen LogP) is 6.44. The van der Waals surface area contributed by atoms with Crippen molar-refractivity contribution in [2.24, 2.45) is 0 Å². The second kappa shape index (κ2) is 10.7. The molecule has 0 heterocycles. The van der Waals surface area contributed by atoms with Crippen LogP contribution in [-0.4, -0.2) is 13.2 Å². The lowest BCUT2D eigenvalue weighted by Gasteiger charge is -2.22. The van der Waals surface area contributed by atoms with Gasteiger partial charge in [-0.15, -0.1) is 0 Å². The van der Waals surface area contributed by atoms with Crippen LogP contribution in [0.5, 0.6) is 11.5 Å². The third-order valence-corrected chi connectivity index (χ3v) is 6.02. The van der Waals surface area contributed by atoms with Crippen molar-refractivity contribution in [3.05, 3.63) is 58.1 Å². The van der Waals surface area contributed by atoms with Crippen LogP contribution < -0.4 is 14.8 Å². The van der Waals surface area contributed by atoms with E-state index in [-0.39, 0.29) is 0 Å². The van der Waals surface area contributed by atoms with Gasteiger partial charge in [-0.1, -0.05) is 68.0 Å². The average Bonchev–Trinajstić information content (AvgIpc) is 2.67. The highest BCUT2D eigenvalue weighted by molar-refractivity contribution is 6.31. The second-order valence-electron chi connectivity index (χ2n) is 7.73. The Balaban J connectivity index is 1.64. The molecule has 0 radical (unpaired) electrons. The quantitative estimate of drug-likeness (QED) is 0.579. The van der Waals surface area contributed by atoms with E-state index in [1.165, 1.54) is 50.5 Å². The zero-order chi connectivity index (χ0) is 19.8. The molecule has 28 heavy (non-hydrogen) atoms. The Labute approximate surface area is 174 Å². The van der Waals surface area contributed by atoms with E-state index in [0.29, 0.717) is 18.4 Å². The zero-order valence-electron chi connectivity index (χ0n) is 17.1. The summed E-state index contributed by atoms with van der Waals surface area (Å²) >= 11 is 6.57. The summed E-state index contributed by atoms with van der Waals surface area (Å²) in [6.07, 6.45) is 9.26. The number of hydrogen-bond acceptors (Lipinski definition) is 3. The van der Waals surface area contributed by atoms with Gasteiger partial charge in [-0.3, -0.25) is 0 Å². The normalized spacial score (nSPS) is 15.7. The number of aryl methyl sites for hydroxylation is 1. The molecule has 0 bridgehead atoms. The number of benzene rings is 2. The topological polar surface area (TPSA) is 30.5 Å². The molecule has 1 saturated carbocycles. The summed E-state index contributed by atoms with van der Waals surface area (Å²) in [5, 5.41) is 4.42.